The first-order valence-corrected chi connectivity index (χ1v) is 8.13. The van der Waals surface area contributed by atoms with Gasteiger partial charge in [-0.05, 0) is 41.0 Å². The fraction of sp³-hybridized carbons (Fsp3) is 0.0476. The third-order valence-corrected chi connectivity index (χ3v) is 4.14. The van der Waals surface area contributed by atoms with E-state index in [1.807, 2.05) is 0 Å². The quantitative estimate of drug-likeness (QED) is 0.328. The van der Waals surface area contributed by atoms with Crippen LogP contribution in [-0.4, -0.2) is 0 Å². The molecule has 0 spiro atoms. The Bertz CT molecular complexity index is 941. The van der Waals surface area contributed by atoms with Gasteiger partial charge in [-0.1, -0.05) is 66.2 Å². The lowest BCUT2D eigenvalue weighted by Crippen LogP contribution is -2.07. The molecule has 0 heterocycles. The van der Waals surface area contributed by atoms with Gasteiger partial charge in [0, 0.05) is 10.6 Å². The second kappa shape index (κ2) is 7.34. The highest BCUT2D eigenvalue weighted by Crippen LogP contribution is 2.36. The normalized spacial score (nSPS) is 12.3. The number of hydrogen-bond donors (Lipinski definition) is 0. The summed E-state index contributed by atoms with van der Waals surface area (Å²) >= 11 is 5.88. The maximum absolute atomic E-state index is 14.7. The molecular weight excluding hydrogens is 364 g/mol. The van der Waals surface area contributed by atoms with Crippen LogP contribution in [0.1, 0.15) is 16.7 Å². The molecule has 132 valence electrons. The average Bonchev–Trinajstić information content (AvgIpc) is 2.62. The van der Waals surface area contributed by atoms with Gasteiger partial charge in [0.25, 0.3) is 0 Å². The molecule has 3 rings (SSSR count). The summed E-state index contributed by atoms with van der Waals surface area (Å²) in [6.07, 6.45) is -3.51. The lowest BCUT2D eigenvalue weighted by atomic mass is 9.98. The predicted molar refractivity (Wildman–Crippen MR) is 97.3 cm³/mol. The molecule has 0 aliphatic heterocycles. The van der Waals surface area contributed by atoms with Crippen LogP contribution >= 0.6 is 11.6 Å². The van der Waals surface area contributed by atoms with Crippen molar-refractivity contribution in [2.75, 3.05) is 0 Å². The van der Waals surface area contributed by atoms with Gasteiger partial charge < -0.3 is 0 Å². The van der Waals surface area contributed by atoms with Gasteiger partial charge in [0.1, 0.15) is 5.83 Å². The number of rotatable bonds is 3. The van der Waals surface area contributed by atoms with Crippen molar-refractivity contribution in [3.8, 4) is 11.1 Å². The van der Waals surface area contributed by atoms with Crippen LogP contribution in [0.5, 0.6) is 0 Å². The third-order valence-electron chi connectivity index (χ3n) is 3.89. The molecule has 26 heavy (non-hydrogen) atoms. The van der Waals surface area contributed by atoms with Crippen LogP contribution in [0.25, 0.3) is 23.0 Å². The first kappa shape index (κ1) is 18.2. The summed E-state index contributed by atoms with van der Waals surface area (Å²) < 4.78 is 54.1. The van der Waals surface area contributed by atoms with Crippen molar-refractivity contribution in [2.24, 2.45) is 0 Å². The molecule has 0 unspecified atom stereocenters. The van der Waals surface area contributed by atoms with E-state index < -0.39 is 23.1 Å². The van der Waals surface area contributed by atoms with Gasteiger partial charge in [0.2, 0.25) is 0 Å². The molecule has 0 bridgehead atoms. The van der Waals surface area contributed by atoms with Gasteiger partial charge in [-0.2, -0.15) is 13.2 Å². The molecule has 0 amide bonds. The fourth-order valence-corrected chi connectivity index (χ4v) is 2.79. The Morgan fingerprint density at radius 3 is 2.12 bits per heavy atom. The maximum Gasteiger partial charge on any atom is 0.417 e. The number of halogens is 5. The second-order valence-electron chi connectivity index (χ2n) is 5.63. The Morgan fingerprint density at radius 2 is 1.42 bits per heavy atom. The molecule has 3 aromatic carbocycles. The number of hydrogen-bond acceptors (Lipinski definition) is 0. The molecule has 0 saturated carbocycles. The summed E-state index contributed by atoms with van der Waals surface area (Å²) in [5, 5.41) is 0.562. The second-order valence-corrected chi connectivity index (χ2v) is 6.07. The van der Waals surface area contributed by atoms with Crippen LogP contribution in [0.4, 0.5) is 17.6 Å². The summed E-state index contributed by atoms with van der Waals surface area (Å²) in [7, 11) is 0. The predicted octanol–water partition coefficient (Wildman–Crippen LogP) is 7.49. The van der Waals surface area contributed by atoms with Gasteiger partial charge in [0.15, 0.2) is 0 Å². The molecule has 0 fully saturated rings. The Labute approximate surface area is 153 Å². The maximum atomic E-state index is 14.7. The SMILES string of the molecule is FC(=Cc1ccccc1-c1ccc(Cl)cc1)c1ccccc1C(F)(F)F. The van der Waals surface area contributed by atoms with Crippen molar-refractivity contribution in [1.82, 2.24) is 0 Å². The van der Waals surface area contributed by atoms with Crippen molar-refractivity contribution in [2.45, 2.75) is 6.18 Å². The first-order chi connectivity index (χ1) is 12.4. The smallest absolute Gasteiger partial charge is 0.206 e. The third kappa shape index (κ3) is 3.97. The Hall–Kier alpha value is -2.59. The van der Waals surface area contributed by atoms with E-state index in [4.69, 9.17) is 11.6 Å². The molecule has 0 aromatic heterocycles. The van der Waals surface area contributed by atoms with Gasteiger partial charge in [-0.3, -0.25) is 0 Å². The highest BCUT2D eigenvalue weighted by molar-refractivity contribution is 6.30. The molecule has 3 aromatic rings. The summed E-state index contributed by atoms with van der Waals surface area (Å²) in [5.41, 5.74) is 0.481. The fourth-order valence-electron chi connectivity index (χ4n) is 2.67. The minimum atomic E-state index is -4.63. The lowest BCUT2D eigenvalue weighted by molar-refractivity contribution is -0.137. The van der Waals surface area contributed by atoms with E-state index >= 15 is 0 Å². The molecule has 0 saturated heterocycles. The molecule has 0 nitrogen and oxygen atoms in total. The number of alkyl halides is 3. The average molecular weight is 377 g/mol. The van der Waals surface area contributed by atoms with Gasteiger partial charge in [-0.15, -0.1) is 0 Å². The highest BCUT2D eigenvalue weighted by Gasteiger charge is 2.33. The van der Waals surface area contributed by atoms with E-state index in [1.54, 1.807) is 48.5 Å². The van der Waals surface area contributed by atoms with E-state index in [9.17, 15) is 17.6 Å². The summed E-state index contributed by atoms with van der Waals surface area (Å²) in [4.78, 5) is 0. The summed E-state index contributed by atoms with van der Waals surface area (Å²) in [6.45, 7) is 0. The van der Waals surface area contributed by atoms with E-state index in [0.717, 1.165) is 23.8 Å². The van der Waals surface area contributed by atoms with Gasteiger partial charge in [-0.25, -0.2) is 4.39 Å². The lowest BCUT2D eigenvalue weighted by Gasteiger charge is -2.12. The Morgan fingerprint density at radius 1 is 0.808 bits per heavy atom. The monoisotopic (exact) mass is 376 g/mol. The minimum Gasteiger partial charge on any atom is -0.206 e. The minimum absolute atomic E-state index is 0.476. The Kier molecular flexibility index (Phi) is 5.14. The van der Waals surface area contributed by atoms with Crippen LogP contribution < -0.4 is 0 Å². The largest absolute Gasteiger partial charge is 0.417 e. The van der Waals surface area contributed by atoms with Crippen LogP contribution in [0.3, 0.4) is 0 Å². The van der Waals surface area contributed by atoms with E-state index in [0.29, 0.717) is 16.1 Å². The zero-order chi connectivity index (χ0) is 18.7. The zero-order valence-corrected chi connectivity index (χ0v) is 14.2. The molecule has 0 atom stereocenters. The molecule has 0 N–H and O–H groups in total. The standard InChI is InChI=1S/C21H13ClF4/c22-16-11-9-14(10-12-16)17-6-2-1-5-15(17)13-20(23)18-7-3-4-8-19(18)21(24,25)26/h1-13H. The summed E-state index contributed by atoms with van der Waals surface area (Å²) in [6, 6.07) is 18.5. The topological polar surface area (TPSA) is 0 Å². The molecule has 5 heteroatoms. The summed E-state index contributed by atoms with van der Waals surface area (Å²) in [5.74, 6) is -0.945. The van der Waals surface area contributed by atoms with Crippen LogP contribution in [0.15, 0.2) is 72.8 Å². The van der Waals surface area contributed by atoms with Crippen LogP contribution in [0, 0.1) is 0 Å². The van der Waals surface area contributed by atoms with Crippen molar-refractivity contribution in [1.29, 1.82) is 0 Å². The molecule has 0 aliphatic carbocycles. The van der Waals surface area contributed by atoms with E-state index in [2.05, 4.69) is 0 Å². The number of benzene rings is 3. The van der Waals surface area contributed by atoms with Crippen LogP contribution in [0.2, 0.25) is 5.02 Å². The van der Waals surface area contributed by atoms with Gasteiger partial charge in [0.05, 0.1) is 5.56 Å². The molecule has 0 radical (unpaired) electrons. The van der Waals surface area contributed by atoms with E-state index in [1.165, 1.54) is 12.1 Å². The van der Waals surface area contributed by atoms with Crippen molar-refractivity contribution < 1.29 is 17.6 Å². The van der Waals surface area contributed by atoms with Crippen LogP contribution in [-0.2, 0) is 6.18 Å². The zero-order valence-electron chi connectivity index (χ0n) is 13.4. The van der Waals surface area contributed by atoms with Crippen molar-refractivity contribution >= 4 is 23.5 Å². The van der Waals surface area contributed by atoms with Crippen molar-refractivity contribution in [3.63, 3.8) is 0 Å². The molecule has 0 aliphatic rings. The highest BCUT2D eigenvalue weighted by atomic mass is 35.5. The van der Waals surface area contributed by atoms with Crippen molar-refractivity contribution in [3.05, 3.63) is 94.5 Å². The van der Waals surface area contributed by atoms with Gasteiger partial charge >= 0.3 is 6.18 Å². The Balaban J connectivity index is 2.08. The molecular formula is C21H13ClF4. The first-order valence-electron chi connectivity index (χ1n) is 7.75. The van der Waals surface area contributed by atoms with E-state index in [-0.39, 0.29) is 0 Å².